The summed E-state index contributed by atoms with van der Waals surface area (Å²) in [4.78, 5) is 18.6. The van der Waals surface area contributed by atoms with Gasteiger partial charge in [0.25, 0.3) is 0 Å². The van der Waals surface area contributed by atoms with Crippen molar-refractivity contribution in [2.24, 2.45) is 5.92 Å². The van der Waals surface area contributed by atoms with E-state index in [1.165, 1.54) is 0 Å². The van der Waals surface area contributed by atoms with Crippen LogP contribution >= 0.6 is 0 Å². The smallest absolute Gasteiger partial charge is 0.228 e. The molecule has 4 heteroatoms. The molecule has 0 atom stereocenters. The van der Waals surface area contributed by atoms with Crippen LogP contribution in [0.5, 0.6) is 0 Å². The number of hydrogen-bond donors (Lipinski definition) is 2. The van der Waals surface area contributed by atoms with Gasteiger partial charge in [0.05, 0.1) is 5.52 Å². The van der Waals surface area contributed by atoms with Crippen LogP contribution in [0.1, 0.15) is 13.8 Å². The van der Waals surface area contributed by atoms with Crippen LogP contribution in [0.4, 0.5) is 5.82 Å². The topological polar surface area (TPSA) is 57.8 Å². The Kier molecular flexibility index (Phi) is 2.41. The van der Waals surface area contributed by atoms with Gasteiger partial charge in [-0.25, -0.2) is 4.98 Å². The van der Waals surface area contributed by atoms with Crippen LogP contribution in [0, 0.1) is 5.92 Å². The molecule has 2 aromatic heterocycles. The molecule has 0 fully saturated rings. The second-order valence-corrected chi connectivity index (χ2v) is 3.78. The molecule has 0 saturated carbocycles. The molecule has 15 heavy (non-hydrogen) atoms. The summed E-state index contributed by atoms with van der Waals surface area (Å²) in [7, 11) is 0. The first kappa shape index (κ1) is 9.71. The third-order valence-electron chi connectivity index (χ3n) is 2.21. The maximum absolute atomic E-state index is 11.4. The van der Waals surface area contributed by atoms with E-state index in [1.807, 2.05) is 32.2 Å². The normalized spacial score (nSPS) is 10.9. The number of carbonyl (C=O) groups is 1. The number of anilines is 1. The minimum atomic E-state index is -0.0360. The zero-order chi connectivity index (χ0) is 10.8. The van der Waals surface area contributed by atoms with Crippen molar-refractivity contribution < 1.29 is 4.79 Å². The van der Waals surface area contributed by atoms with Gasteiger partial charge in [0.15, 0.2) is 0 Å². The van der Waals surface area contributed by atoms with Gasteiger partial charge >= 0.3 is 0 Å². The number of nitrogens with one attached hydrogen (secondary N) is 2. The molecule has 2 aromatic rings. The summed E-state index contributed by atoms with van der Waals surface area (Å²) in [6.45, 7) is 3.70. The molecule has 4 nitrogen and oxygen atoms in total. The highest BCUT2D eigenvalue weighted by Crippen LogP contribution is 2.14. The van der Waals surface area contributed by atoms with Crippen molar-refractivity contribution in [3.8, 4) is 0 Å². The third-order valence-corrected chi connectivity index (χ3v) is 2.21. The zero-order valence-electron chi connectivity index (χ0n) is 8.74. The molecule has 0 spiro atoms. The molecule has 2 heterocycles. The van der Waals surface area contributed by atoms with Crippen molar-refractivity contribution in [2.45, 2.75) is 13.8 Å². The number of H-pyrrole nitrogens is 1. The average molecular weight is 203 g/mol. The van der Waals surface area contributed by atoms with Gasteiger partial charge < -0.3 is 10.3 Å². The van der Waals surface area contributed by atoms with E-state index in [-0.39, 0.29) is 11.8 Å². The Labute approximate surface area is 87.7 Å². The fraction of sp³-hybridized carbons (Fsp3) is 0.273. The highest BCUT2D eigenvalue weighted by Gasteiger charge is 2.08. The highest BCUT2D eigenvalue weighted by molar-refractivity contribution is 5.93. The van der Waals surface area contributed by atoms with E-state index in [1.54, 1.807) is 6.20 Å². The molecular weight excluding hydrogens is 190 g/mol. The zero-order valence-corrected chi connectivity index (χ0v) is 8.74. The fourth-order valence-corrected chi connectivity index (χ4v) is 1.28. The van der Waals surface area contributed by atoms with Gasteiger partial charge in [-0.3, -0.25) is 4.79 Å². The van der Waals surface area contributed by atoms with Crippen molar-refractivity contribution in [1.29, 1.82) is 0 Å². The van der Waals surface area contributed by atoms with Gasteiger partial charge in [-0.1, -0.05) is 13.8 Å². The van der Waals surface area contributed by atoms with Crippen LogP contribution in [0.25, 0.3) is 10.9 Å². The van der Waals surface area contributed by atoms with E-state index >= 15 is 0 Å². The predicted octanol–water partition coefficient (Wildman–Crippen LogP) is 2.16. The van der Waals surface area contributed by atoms with Crippen LogP contribution in [0.2, 0.25) is 0 Å². The van der Waals surface area contributed by atoms with Crippen LogP contribution in [0.15, 0.2) is 24.5 Å². The van der Waals surface area contributed by atoms with Gasteiger partial charge in [0.2, 0.25) is 5.91 Å². The average Bonchev–Trinajstić information content (AvgIpc) is 2.64. The van der Waals surface area contributed by atoms with E-state index in [2.05, 4.69) is 15.3 Å². The largest absolute Gasteiger partial charge is 0.361 e. The van der Waals surface area contributed by atoms with Crippen molar-refractivity contribution >= 4 is 22.6 Å². The lowest BCUT2D eigenvalue weighted by Gasteiger charge is -2.06. The summed E-state index contributed by atoms with van der Waals surface area (Å²) in [5.74, 6) is 0.531. The highest BCUT2D eigenvalue weighted by atomic mass is 16.1. The first-order chi connectivity index (χ1) is 7.16. The lowest BCUT2D eigenvalue weighted by molar-refractivity contribution is -0.118. The fourth-order valence-electron chi connectivity index (χ4n) is 1.28. The maximum atomic E-state index is 11.4. The molecule has 0 saturated heterocycles. The van der Waals surface area contributed by atoms with Crippen LogP contribution < -0.4 is 5.32 Å². The van der Waals surface area contributed by atoms with Crippen LogP contribution in [-0.4, -0.2) is 15.9 Å². The number of rotatable bonds is 2. The first-order valence-corrected chi connectivity index (χ1v) is 4.91. The number of fused-ring (bicyclic) bond motifs is 1. The summed E-state index contributed by atoms with van der Waals surface area (Å²) in [6, 6.07) is 3.77. The molecule has 2 N–H and O–H groups in total. The Bertz CT molecular complexity index is 487. The predicted molar refractivity (Wildman–Crippen MR) is 59.6 cm³/mol. The standard InChI is InChI=1S/C11H13N3O/c1-7(2)11(15)14-10-5-9-8(6-13-10)3-4-12-9/h3-7,12H,1-2H3,(H,13,14,15). The summed E-state index contributed by atoms with van der Waals surface area (Å²) >= 11 is 0. The number of pyridine rings is 1. The maximum Gasteiger partial charge on any atom is 0.228 e. The quantitative estimate of drug-likeness (QED) is 0.785. The molecule has 0 bridgehead atoms. The Morgan fingerprint density at radius 3 is 3.07 bits per heavy atom. The number of nitrogens with zero attached hydrogens (tertiary/aromatic N) is 1. The second-order valence-electron chi connectivity index (χ2n) is 3.78. The van der Waals surface area contributed by atoms with E-state index in [9.17, 15) is 4.79 Å². The Balaban J connectivity index is 2.25. The van der Waals surface area contributed by atoms with Crippen LogP contribution in [0.3, 0.4) is 0 Å². The SMILES string of the molecule is CC(C)C(=O)Nc1cc2[nH]ccc2cn1. The number of hydrogen-bond acceptors (Lipinski definition) is 2. The molecule has 2 rings (SSSR count). The molecule has 0 aliphatic carbocycles. The third kappa shape index (κ3) is 1.98. The molecule has 1 amide bonds. The van der Waals surface area contributed by atoms with Crippen molar-refractivity contribution in [3.05, 3.63) is 24.5 Å². The number of aromatic amines is 1. The van der Waals surface area contributed by atoms with Gasteiger partial charge in [-0.15, -0.1) is 0 Å². The van der Waals surface area contributed by atoms with E-state index in [0.717, 1.165) is 10.9 Å². The molecule has 0 radical (unpaired) electrons. The second kappa shape index (κ2) is 3.73. The molecule has 0 aliphatic heterocycles. The number of amides is 1. The molecule has 0 aromatic carbocycles. The minimum absolute atomic E-state index is 0.0200. The molecule has 78 valence electrons. The van der Waals surface area contributed by atoms with Crippen molar-refractivity contribution in [2.75, 3.05) is 5.32 Å². The van der Waals surface area contributed by atoms with E-state index < -0.39 is 0 Å². The van der Waals surface area contributed by atoms with E-state index in [4.69, 9.17) is 0 Å². The van der Waals surface area contributed by atoms with E-state index in [0.29, 0.717) is 5.82 Å². The Morgan fingerprint density at radius 1 is 1.53 bits per heavy atom. The van der Waals surface area contributed by atoms with Crippen molar-refractivity contribution in [1.82, 2.24) is 9.97 Å². The number of aromatic nitrogens is 2. The van der Waals surface area contributed by atoms with Gasteiger partial charge in [0, 0.05) is 29.8 Å². The summed E-state index contributed by atoms with van der Waals surface area (Å²) < 4.78 is 0. The summed E-state index contributed by atoms with van der Waals surface area (Å²) in [5, 5.41) is 3.79. The van der Waals surface area contributed by atoms with Gasteiger partial charge in [0.1, 0.15) is 5.82 Å². The van der Waals surface area contributed by atoms with Crippen molar-refractivity contribution in [3.63, 3.8) is 0 Å². The lowest BCUT2D eigenvalue weighted by atomic mass is 10.2. The lowest BCUT2D eigenvalue weighted by Crippen LogP contribution is -2.18. The molecule has 0 aliphatic rings. The summed E-state index contributed by atoms with van der Waals surface area (Å²) in [5.41, 5.74) is 0.976. The molecular formula is C11H13N3O. The van der Waals surface area contributed by atoms with Gasteiger partial charge in [-0.2, -0.15) is 0 Å². The first-order valence-electron chi connectivity index (χ1n) is 4.91. The Hall–Kier alpha value is -1.84. The van der Waals surface area contributed by atoms with Gasteiger partial charge in [-0.05, 0) is 6.07 Å². The summed E-state index contributed by atoms with van der Waals surface area (Å²) in [6.07, 6.45) is 3.59. The Morgan fingerprint density at radius 2 is 2.33 bits per heavy atom. The number of carbonyl (C=O) groups excluding carboxylic acids is 1. The van der Waals surface area contributed by atoms with Crippen LogP contribution in [-0.2, 0) is 4.79 Å². The molecule has 0 unspecified atom stereocenters. The minimum Gasteiger partial charge on any atom is -0.361 e. The monoisotopic (exact) mass is 203 g/mol.